The van der Waals surface area contributed by atoms with E-state index in [1.165, 1.54) is 6.07 Å². The average molecular weight is 385 g/mol. The molecule has 2 fully saturated rings. The third kappa shape index (κ3) is 4.64. The lowest BCUT2D eigenvalue weighted by Crippen LogP contribution is -2.42. The number of ether oxygens (including phenoxy) is 1. The first-order valence-corrected chi connectivity index (χ1v) is 8.91. The van der Waals surface area contributed by atoms with Gasteiger partial charge in [-0.2, -0.15) is 13.2 Å². The van der Waals surface area contributed by atoms with Crippen molar-refractivity contribution >= 4 is 17.7 Å². The maximum atomic E-state index is 12.9. The lowest BCUT2D eigenvalue weighted by Gasteiger charge is -2.34. The molecule has 2 N–H and O–H groups in total. The van der Waals surface area contributed by atoms with Crippen molar-refractivity contribution in [2.24, 2.45) is 11.7 Å². The summed E-state index contributed by atoms with van der Waals surface area (Å²) >= 11 is 0. The van der Waals surface area contributed by atoms with Gasteiger partial charge in [0.2, 0.25) is 5.91 Å². The number of anilines is 1. The van der Waals surface area contributed by atoms with Gasteiger partial charge < -0.3 is 20.3 Å². The largest absolute Gasteiger partial charge is 0.444 e. The van der Waals surface area contributed by atoms with E-state index in [1.54, 1.807) is 11.0 Å². The van der Waals surface area contributed by atoms with Crippen molar-refractivity contribution in [1.82, 2.24) is 4.90 Å². The van der Waals surface area contributed by atoms with Gasteiger partial charge in [0, 0.05) is 37.7 Å². The number of alkyl halides is 3. The van der Waals surface area contributed by atoms with Gasteiger partial charge in [-0.15, -0.1) is 0 Å². The number of primary amides is 1. The predicted molar refractivity (Wildman–Crippen MR) is 92.0 cm³/mol. The number of hydrogen-bond acceptors (Lipinski definition) is 4. The summed E-state index contributed by atoms with van der Waals surface area (Å²) in [5.74, 6) is -0.159. The van der Waals surface area contributed by atoms with Crippen LogP contribution in [0.15, 0.2) is 24.3 Å². The van der Waals surface area contributed by atoms with Crippen LogP contribution in [0, 0.1) is 5.92 Å². The normalized spacial score (nSPS) is 21.4. The summed E-state index contributed by atoms with van der Waals surface area (Å²) in [6.45, 7) is 1.90. The lowest BCUT2D eigenvalue weighted by molar-refractivity contribution is -0.137. The molecule has 6 nitrogen and oxygen atoms in total. The second-order valence-corrected chi connectivity index (χ2v) is 6.94. The van der Waals surface area contributed by atoms with Gasteiger partial charge in [0.1, 0.15) is 6.10 Å². The van der Waals surface area contributed by atoms with Gasteiger partial charge in [0.05, 0.1) is 12.1 Å². The summed E-state index contributed by atoms with van der Waals surface area (Å²) in [4.78, 5) is 27.0. The van der Waals surface area contributed by atoms with Crippen molar-refractivity contribution < 1.29 is 27.5 Å². The number of likely N-dealkylation sites (tertiary alicyclic amines) is 1. The average Bonchev–Trinajstić information content (AvgIpc) is 3.08. The van der Waals surface area contributed by atoms with Gasteiger partial charge in [0.15, 0.2) is 0 Å². The number of benzene rings is 1. The van der Waals surface area contributed by atoms with Gasteiger partial charge in [0.25, 0.3) is 0 Å². The first kappa shape index (κ1) is 19.3. The van der Waals surface area contributed by atoms with Crippen molar-refractivity contribution in [2.75, 3.05) is 31.1 Å². The molecule has 2 saturated heterocycles. The van der Waals surface area contributed by atoms with Crippen molar-refractivity contribution in [1.29, 1.82) is 0 Å². The van der Waals surface area contributed by atoms with E-state index < -0.39 is 17.8 Å². The van der Waals surface area contributed by atoms with Crippen LogP contribution in [0.3, 0.4) is 0 Å². The highest BCUT2D eigenvalue weighted by molar-refractivity contribution is 5.79. The Morgan fingerprint density at radius 1 is 1.11 bits per heavy atom. The molecular weight excluding hydrogens is 363 g/mol. The van der Waals surface area contributed by atoms with Gasteiger partial charge >= 0.3 is 12.3 Å². The standard InChI is InChI=1S/C18H22F3N3O3/c19-18(20,21)13-2-1-3-14(10-13)23-7-4-12(5-8-23)16(25)24-9-6-15(11-24)27-17(22)26/h1-3,10,12,15H,4-9,11H2,(H2,22,26)/t15-/m0/s1. The topological polar surface area (TPSA) is 75.9 Å². The maximum Gasteiger partial charge on any atom is 0.416 e. The minimum atomic E-state index is -4.37. The minimum absolute atomic E-state index is 0.00858. The van der Waals surface area contributed by atoms with E-state index in [1.807, 2.05) is 4.90 Å². The van der Waals surface area contributed by atoms with Crippen molar-refractivity contribution in [3.63, 3.8) is 0 Å². The maximum absolute atomic E-state index is 12.9. The number of nitrogens with two attached hydrogens (primary N) is 1. The zero-order valence-corrected chi connectivity index (χ0v) is 14.7. The number of piperidine rings is 1. The van der Waals surface area contributed by atoms with Crippen LogP contribution in [0.2, 0.25) is 0 Å². The quantitative estimate of drug-likeness (QED) is 0.868. The van der Waals surface area contributed by atoms with Crippen LogP contribution in [0.5, 0.6) is 0 Å². The highest BCUT2D eigenvalue weighted by Gasteiger charge is 2.35. The van der Waals surface area contributed by atoms with Crippen LogP contribution in [0.25, 0.3) is 0 Å². The van der Waals surface area contributed by atoms with E-state index in [2.05, 4.69) is 0 Å². The summed E-state index contributed by atoms with van der Waals surface area (Å²) in [6, 6.07) is 5.26. The van der Waals surface area contributed by atoms with E-state index in [0.717, 1.165) is 12.1 Å². The fraction of sp³-hybridized carbons (Fsp3) is 0.556. The molecule has 0 bridgehead atoms. The molecule has 9 heteroatoms. The molecule has 0 saturated carbocycles. The number of nitrogens with zero attached hydrogens (tertiary/aromatic N) is 2. The monoisotopic (exact) mass is 385 g/mol. The summed E-state index contributed by atoms with van der Waals surface area (Å²) in [7, 11) is 0. The molecule has 1 aromatic rings. The number of amides is 2. The van der Waals surface area contributed by atoms with Gasteiger partial charge in [-0.05, 0) is 31.0 Å². The Kier molecular flexibility index (Phi) is 5.48. The second-order valence-electron chi connectivity index (χ2n) is 6.94. The molecule has 0 aromatic heterocycles. The summed E-state index contributed by atoms with van der Waals surface area (Å²) < 4.78 is 43.6. The third-order valence-electron chi connectivity index (χ3n) is 5.12. The summed E-state index contributed by atoms with van der Waals surface area (Å²) in [6.07, 6.45) is -3.86. The molecule has 2 aliphatic heterocycles. The molecule has 0 aliphatic carbocycles. The Balaban J connectivity index is 1.55. The Morgan fingerprint density at radius 3 is 2.44 bits per heavy atom. The van der Waals surface area contributed by atoms with Crippen molar-refractivity contribution in [3.05, 3.63) is 29.8 Å². The lowest BCUT2D eigenvalue weighted by atomic mass is 9.95. The highest BCUT2D eigenvalue weighted by Crippen LogP contribution is 2.33. The predicted octanol–water partition coefficient (Wildman–Crippen LogP) is 2.62. The van der Waals surface area contributed by atoms with E-state index in [4.69, 9.17) is 10.5 Å². The molecule has 2 amide bonds. The molecule has 148 valence electrons. The van der Waals surface area contributed by atoms with Gasteiger partial charge in [-0.25, -0.2) is 4.79 Å². The van der Waals surface area contributed by atoms with Crippen LogP contribution < -0.4 is 10.6 Å². The number of halogens is 3. The molecule has 2 aliphatic rings. The van der Waals surface area contributed by atoms with E-state index in [-0.39, 0.29) is 17.9 Å². The smallest absolute Gasteiger partial charge is 0.416 e. The Labute approximate surface area is 155 Å². The Bertz CT molecular complexity index is 703. The molecule has 27 heavy (non-hydrogen) atoms. The molecule has 0 spiro atoms. The molecule has 3 rings (SSSR count). The first-order chi connectivity index (χ1) is 12.7. The Hall–Kier alpha value is -2.45. The first-order valence-electron chi connectivity index (χ1n) is 8.91. The number of carbonyl (C=O) groups excluding carboxylic acids is 2. The zero-order chi connectivity index (χ0) is 19.6. The van der Waals surface area contributed by atoms with Crippen LogP contribution in [0.1, 0.15) is 24.8 Å². The molecule has 2 heterocycles. The molecule has 1 atom stereocenters. The fourth-order valence-corrected chi connectivity index (χ4v) is 3.71. The molecule has 0 unspecified atom stereocenters. The van der Waals surface area contributed by atoms with Gasteiger partial charge in [-0.1, -0.05) is 6.07 Å². The third-order valence-corrected chi connectivity index (χ3v) is 5.12. The Morgan fingerprint density at radius 2 is 1.81 bits per heavy atom. The fourth-order valence-electron chi connectivity index (χ4n) is 3.71. The molecule has 1 aromatic carbocycles. The number of hydrogen-bond donors (Lipinski definition) is 1. The van der Waals surface area contributed by atoms with Crippen molar-refractivity contribution in [3.8, 4) is 0 Å². The number of rotatable bonds is 3. The molecular formula is C18H22F3N3O3. The zero-order valence-electron chi connectivity index (χ0n) is 14.7. The summed E-state index contributed by atoms with van der Waals surface area (Å²) in [5.41, 5.74) is 4.85. The van der Waals surface area contributed by atoms with E-state index >= 15 is 0 Å². The SMILES string of the molecule is NC(=O)O[C@H]1CCN(C(=O)C2CCN(c3cccc(C(F)(F)F)c3)CC2)C1. The summed E-state index contributed by atoms with van der Waals surface area (Å²) in [5, 5.41) is 0. The number of carbonyl (C=O) groups is 2. The van der Waals surface area contributed by atoms with Crippen LogP contribution >= 0.6 is 0 Å². The van der Waals surface area contributed by atoms with Crippen LogP contribution in [-0.2, 0) is 15.7 Å². The second kappa shape index (κ2) is 7.66. The van der Waals surface area contributed by atoms with Gasteiger partial charge in [-0.3, -0.25) is 4.79 Å². The van der Waals surface area contributed by atoms with Crippen LogP contribution in [0.4, 0.5) is 23.7 Å². The van der Waals surface area contributed by atoms with Crippen LogP contribution in [-0.4, -0.2) is 49.2 Å². The highest BCUT2D eigenvalue weighted by atomic mass is 19.4. The van der Waals surface area contributed by atoms with E-state index in [9.17, 15) is 22.8 Å². The van der Waals surface area contributed by atoms with E-state index in [0.29, 0.717) is 51.1 Å². The van der Waals surface area contributed by atoms with Crippen molar-refractivity contribution in [2.45, 2.75) is 31.5 Å². The molecule has 0 radical (unpaired) electrons. The minimum Gasteiger partial charge on any atom is -0.444 e.